The minimum Gasteiger partial charge on any atom is -0.463 e. The molecule has 5 rings (SSSR count). The van der Waals surface area contributed by atoms with Crippen molar-refractivity contribution in [3.8, 4) is 11.5 Å². The minimum atomic E-state index is -0.585. The van der Waals surface area contributed by atoms with Crippen LogP contribution in [0.4, 0.5) is 0 Å². The van der Waals surface area contributed by atoms with Gasteiger partial charge in [0.05, 0.1) is 12.2 Å². The van der Waals surface area contributed by atoms with Gasteiger partial charge in [-0.3, -0.25) is 4.79 Å². The summed E-state index contributed by atoms with van der Waals surface area (Å²) in [5, 5.41) is 4.02. The van der Waals surface area contributed by atoms with Gasteiger partial charge >= 0.3 is 5.97 Å². The van der Waals surface area contributed by atoms with Crippen LogP contribution in [0.25, 0.3) is 0 Å². The summed E-state index contributed by atoms with van der Waals surface area (Å²) < 4.78 is 17.2. The van der Waals surface area contributed by atoms with Crippen LogP contribution in [0, 0.1) is 0 Å². The third-order valence-corrected chi connectivity index (χ3v) is 7.41. The second-order valence-electron chi connectivity index (χ2n) is 8.52. The quantitative estimate of drug-likeness (QED) is 0.494. The molecular formula is C26H23BrClNO5. The maximum atomic E-state index is 13.7. The molecule has 3 aliphatic rings. The number of ether oxygens (including phenoxy) is 3. The lowest BCUT2D eigenvalue weighted by molar-refractivity contribution is -0.138. The van der Waals surface area contributed by atoms with Crippen LogP contribution in [-0.4, -0.2) is 25.2 Å². The second kappa shape index (κ2) is 9.12. The van der Waals surface area contributed by atoms with E-state index in [1.165, 1.54) is 0 Å². The average molecular weight is 545 g/mol. The largest absolute Gasteiger partial charge is 0.463 e. The number of ketones is 1. The van der Waals surface area contributed by atoms with Gasteiger partial charge in [-0.05, 0) is 61.6 Å². The Hall–Kier alpha value is -2.77. The van der Waals surface area contributed by atoms with Gasteiger partial charge in [-0.2, -0.15) is 0 Å². The Kier molecular flexibility index (Phi) is 6.16. The van der Waals surface area contributed by atoms with Crippen molar-refractivity contribution in [2.75, 3.05) is 13.4 Å². The van der Waals surface area contributed by atoms with Crippen LogP contribution in [0.1, 0.15) is 49.7 Å². The number of nitrogens with one attached hydrogen (secondary N) is 1. The van der Waals surface area contributed by atoms with E-state index in [2.05, 4.69) is 21.2 Å². The molecule has 1 N–H and O–H groups in total. The van der Waals surface area contributed by atoms with Crippen molar-refractivity contribution >= 4 is 39.3 Å². The lowest BCUT2D eigenvalue weighted by atomic mass is 9.71. The molecule has 8 heteroatoms. The number of allylic oxidation sites excluding steroid dienone is 3. The van der Waals surface area contributed by atoms with Crippen molar-refractivity contribution in [1.29, 1.82) is 0 Å². The fourth-order valence-corrected chi connectivity index (χ4v) is 5.63. The molecule has 2 aromatic carbocycles. The number of halogens is 2. The van der Waals surface area contributed by atoms with Crippen LogP contribution in [0.3, 0.4) is 0 Å². The monoisotopic (exact) mass is 543 g/mol. The van der Waals surface area contributed by atoms with E-state index in [1.807, 2.05) is 43.3 Å². The molecule has 0 fully saturated rings. The Morgan fingerprint density at radius 3 is 2.59 bits per heavy atom. The highest BCUT2D eigenvalue weighted by Gasteiger charge is 2.42. The first kappa shape index (κ1) is 23.0. The summed E-state index contributed by atoms with van der Waals surface area (Å²) in [6.45, 7) is 3.98. The molecule has 0 bridgehead atoms. The van der Waals surface area contributed by atoms with Gasteiger partial charge in [0.15, 0.2) is 17.3 Å². The standard InChI is InChI=1S/C26H23BrClNO5/c1-3-32-26(31)23-13(2)29-19-8-15(14-4-6-16(28)7-5-14)9-20(30)25(19)24(23)17-10-21-22(11-18(17)27)34-12-33-21/h4-7,10-11,15,24,29H,3,8-9,12H2,1-2H3/t15-,24-/m0/s1. The van der Waals surface area contributed by atoms with Gasteiger partial charge in [0.2, 0.25) is 6.79 Å². The number of carbonyl (C=O) groups is 2. The number of rotatable bonds is 4. The van der Waals surface area contributed by atoms with Gasteiger partial charge in [0.25, 0.3) is 0 Å². The van der Waals surface area contributed by atoms with Gasteiger partial charge in [0.1, 0.15) is 0 Å². The van der Waals surface area contributed by atoms with Crippen LogP contribution in [0.15, 0.2) is 63.4 Å². The van der Waals surface area contributed by atoms with Crippen molar-refractivity contribution in [1.82, 2.24) is 5.32 Å². The number of esters is 1. The van der Waals surface area contributed by atoms with Crippen LogP contribution in [-0.2, 0) is 14.3 Å². The molecule has 0 aromatic heterocycles. The van der Waals surface area contributed by atoms with Crippen LogP contribution < -0.4 is 14.8 Å². The zero-order chi connectivity index (χ0) is 24.0. The topological polar surface area (TPSA) is 73.9 Å². The predicted molar refractivity (Wildman–Crippen MR) is 131 cm³/mol. The summed E-state index contributed by atoms with van der Waals surface area (Å²) in [6, 6.07) is 11.3. The molecule has 2 heterocycles. The number of dihydropyridines is 1. The van der Waals surface area contributed by atoms with E-state index in [4.69, 9.17) is 25.8 Å². The molecule has 1 aliphatic carbocycles. The van der Waals surface area contributed by atoms with Crippen molar-refractivity contribution in [2.45, 2.75) is 38.5 Å². The Labute approximate surface area is 211 Å². The van der Waals surface area contributed by atoms with Crippen LogP contribution in [0.5, 0.6) is 11.5 Å². The molecule has 34 heavy (non-hydrogen) atoms. The summed E-state index contributed by atoms with van der Waals surface area (Å²) in [4.78, 5) is 26.8. The highest BCUT2D eigenvalue weighted by molar-refractivity contribution is 9.10. The van der Waals surface area contributed by atoms with E-state index in [1.54, 1.807) is 6.92 Å². The minimum absolute atomic E-state index is 0.00225. The molecule has 0 saturated carbocycles. The van der Waals surface area contributed by atoms with Gasteiger partial charge < -0.3 is 19.5 Å². The number of hydrogen-bond donors (Lipinski definition) is 1. The molecule has 0 saturated heterocycles. The van der Waals surface area contributed by atoms with Gasteiger partial charge in [-0.15, -0.1) is 0 Å². The fourth-order valence-electron chi connectivity index (χ4n) is 4.95. The normalized spacial score (nSPS) is 21.4. The highest BCUT2D eigenvalue weighted by atomic mass is 79.9. The maximum absolute atomic E-state index is 13.7. The first-order valence-corrected chi connectivity index (χ1v) is 12.3. The molecule has 0 radical (unpaired) electrons. The second-order valence-corrected chi connectivity index (χ2v) is 9.81. The first-order chi connectivity index (χ1) is 16.4. The number of fused-ring (bicyclic) bond motifs is 1. The fraction of sp³-hybridized carbons (Fsp3) is 0.308. The Balaban J connectivity index is 1.62. The third-order valence-electron chi connectivity index (χ3n) is 6.47. The molecular weight excluding hydrogens is 522 g/mol. The van der Waals surface area contributed by atoms with E-state index in [-0.39, 0.29) is 25.1 Å². The molecule has 176 valence electrons. The molecule has 2 atom stereocenters. The first-order valence-electron chi connectivity index (χ1n) is 11.1. The molecule has 6 nitrogen and oxygen atoms in total. The van der Waals surface area contributed by atoms with Gasteiger partial charge in [-0.25, -0.2) is 4.79 Å². The lowest BCUT2D eigenvalue weighted by Crippen LogP contribution is -2.36. The van der Waals surface area contributed by atoms with Crippen LogP contribution in [0.2, 0.25) is 5.02 Å². The van der Waals surface area contributed by atoms with Crippen LogP contribution >= 0.6 is 27.5 Å². The molecule has 0 spiro atoms. The predicted octanol–water partition coefficient (Wildman–Crippen LogP) is 5.76. The number of carbonyl (C=O) groups excluding carboxylic acids is 2. The highest BCUT2D eigenvalue weighted by Crippen LogP contribution is 2.49. The van der Waals surface area contributed by atoms with E-state index in [9.17, 15) is 9.59 Å². The lowest BCUT2D eigenvalue weighted by Gasteiger charge is -2.37. The summed E-state index contributed by atoms with van der Waals surface area (Å²) in [5.41, 5.74) is 4.35. The maximum Gasteiger partial charge on any atom is 0.336 e. The molecule has 2 aliphatic heterocycles. The summed E-state index contributed by atoms with van der Waals surface area (Å²) >= 11 is 9.70. The zero-order valence-corrected chi connectivity index (χ0v) is 21.1. The Morgan fingerprint density at radius 1 is 1.18 bits per heavy atom. The average Bonchev–Trinajstić information content (AvgIpc) is 3.25. The van der Waals surface area contributed by atoms with E-state index in [0.717, 1.165) is 21.3 Å². The summed E-state index contributed by atoms with van der Waals surface area (Å²) in [5.74, 6) is 0.197. The SMILES string of the molecule is CCOC(=O)C1=C(C)NC2=C(C(=O)C[C@@H](c3ccc(Cl)cc3)C2)[C@H]1c1cc2c(cc1Br)OCO2. The van der Waals surface area contributed by atoms with E-state index in [0.29, 0.717) is 46.2 Å². The van der Waals surface area contributed by atoms with Crippen molar-refractivity contribution < 1.29 is 23.8 Å². The van der Waals surface area contributed by atoms with Gasteiger partial charge in [0, 0.05) is 38.8 Å². The molecule has 2 aromatic rings. The third kappa shape index (κ3) is 4.01. The smallest absolute Gasteiger partial charge is 0.336 e. The number of benzene rings is 2. The van der Waals surface area contributed by atoms with Crippen molar-refractivity contribution in [2.24, 2.45) is 0 Å². The molecule has 0 amide bonds. The van der Waals surface area contributed by atoms with E-state index >= 15 is 0 Å². The van der Waals surface area contributed by atoms with Crippen molar-refractivity contribution in [3.63, 3.8) is 0 Å². The van der Waals surface area contributed by atoms with Gasteiger partial charge in [-0.1, -0.05) is 39.7 Å². The van der Waals surface area contributed by atoms with Crippen molar-refractivity contribution in [3.05, 3.63) is 79.6 Å². The number of Topliss-reactive ketones (excluding diaryl/α,β-unsaturated/α-hetero) is 1. The molecule has 0 unspecified atom stereocenters. The zero-order valence-electron chi connectivity index (χ0n) is 18.7. The summed E-state index contributed by atoms with van der Waals surface area (Å²) in [6.07, 6.45) is 0.991. The Morgan fingerprint density at radius 2 is 1.88 bits per heavy atom. The van der Waals surface area contributed by atoms with E-state index < -0.39 is 11.9 Å². The Bertz CT molecular complexity index is 1250. The number of hydrogen-bond acceptors (Lipinski definition) is 6. The summed E-state index contributed by atoms with van der Waals surface area (Å²) in [7, 11) is 0.